The Bertz CT molecular complexity index is 969. The number of esters is 1. The first-order valence-electron chi connectivity index (χ1n) is 7.45. The highest BCUT2D eigenvalue weighted by Gasteiger charge is 2.16. The Balaban J connectivity index is 1.66. The molecule has 0 saturated heterocycles. The summed E-state index contributed by atoms with van der Waals surface area (Å²) in [5.41, 5.74) is 0.994. The molecular formula is C17H12FN3O5. The van der Waals surface area contributed by atoms with Crippen molar-refractivity contribution in [2.24, 2.45) is 0 Å². The molecule has 0 atom stereocenters. The van der Waals surface area contributed by atoms with Gasteiger partial charge in [0.05, 0.1) is 10.5 Å². The first-order valence-corrected chi connectivity index (χ1v) is 7.45. The van der Waals surface area contributed by atoms with Gasteiger partial charge >= 0.3 is 5.97 Å². The highest BCUT2D eigenvalue weighted by atomic mass is 19.1. The zero-order valence-corrected chi connectivity index (χ0v) is 13.5. The van der Waals surface area contributed by atoms with Gasteiger partial charge in [-0.3, -0.25) is 10.1 Å². The van der Waals surface area contributed by atoms with E-state index in [4.69, 9.17) is 9.26 Å². The van der Waals surface area contributed by atoms with Gasteiger partial charge in [-0.2, -0.15) is 4.98 Å². The van der Waals surface area contributed by atoms with Gasteiger partial charge in [-0.15, -0.1) is 0 Å². The fourth-order valence-electron chi connectivity index (χ4n) is 2.23. The van der Waals surface area contributed by atoms with E-state index in [-0.39, 0.29) is 35.4 Å². The molecule has 1 aromatic heterocycles. The third-order valence-corrected chi connectivity index (χ3v) is 3.53. The first-order chi connectivity index (χ1) is 12.4. The molecule has 3 rings (SSSR count). The summed E-state index contributed by atoms with van der Waals surface area (Å²) in [6.07, 6.45) is 0. The molecule has 0 aliphatic carbocycles. The Morgan fingerprint density at radius 1 is 1.27 bits per heavy atom. The summed E-state index contributed by atoms with van der Waals surface area (Å²) in [6, 6.07) is 9.45. The van der Waals surface area contributed by atoms with Crippen LogP contribution in [0.3, 0.4) is 0 Å². The summed E-state index contributed by atoms with van der Waals surface area (Å²) in [4.78, 5) is 26.4. The Morgan fingerprint density at radius 3 is 2.65 bits per heavy atom. The van der Waals surface area contributed by atoms with Crippen LogP contribution in [-0.2, 0) is 11.3 Å². The molecule has 26 heavy (non-hydrogen) atoms. The summed E-state index contributed by atoms with van der Waals surface area (Å²) in [5, 5.41) is 14.5. The standard InChI is InChI=1S/C17H12FN3O5/c1-10-8-12(4-7-14(10)21(23)24)17(22)25-9-15-19-16(20-26-15)11-2-5-13(18)6-3-11/h2-8H,9H2,1H3. The lowest BCUT2D eigenvalue weighted by atomic mass is 10.1. The Kier molecular flexibility index (Phi) is 4.70. The predicted molar refractivity (Wildman–Crippen MR) is 86.6 cm³/mol. The lowest BCUT2D eigenvalue weighted by molar-refractivity contribution is -0.385. The number of hydrogen-bond acceptors (Lipinski definition) is 7. The second-order valence-electron chi connectivity index (χ2n) is 5.35. The number of halogens is 1. The van der Waals surface area contributed by atoms with Gasteiger partial charge in [0.15, 0.2) is 6.61 Å². The first kappa shape index (κ1) is 17.2. The molecule has 0 amide bonds. The van der Waals surface area contributed by atoms with Gasteiger partial charge in [-0.1, -0.05) is 5.16 Å². The van der Waals surface area contributed by atoms with Crippen molar-refractivity contribution in [3.63, 3.8) is 0 Å². The number of benzene rings is 2. The maximum atomic E-state index is 12.9. The third kappa shape index (κ3) is 3.72. The van der Waals surface area contributed by atoms with E-state index in [0.29, 0.717) is 11.1 Å². The molecule has 1 heterocycles. The van der Waals surface area contributed by atoms with Gasteiger partial charge in [0.2, 0.25) is 5.82 Å². The van der Waals surface area contributed by atoms with Gasteiger partial charge in [-0.05, 0) is 43.3 Å². The number of nitro groups is 1. The fraction of sp³-hybridized carbons (Fsp3) is 0.118. The molecule has 8 nitrogen and oxygen atoms in total. The summed E-state index contributed by atoms with van der Waals surface area (Å²) in [7, 11) is 0. The van der Waals surface area contributed by atoms with Gasteiger partial charge < -0.3 is 9.26 Å². The van der Waals surface area contributed by atoms with E-state index in [1.54, 1.807) is 0 Å². The number of nitrogens with zero attached hydrogens (tertiary/aromatic N) is 3. The molecule has 0 saturated carbocycles. The molecule has 0 radical (unpaired) electrons. The molecule has 9 heteroatoms. The topological polar surface area (TPSA) is 108 Å². The number of aromatic nitrogens is 2. The van der Waals surface area contributed by atoms with Crippen LogP contribution in [0.2, 0.25) is 0 Å². The molecular weight excluding hydrogens is 345 g/mol. The maximum Gasteiger partial charge on any atom is 0.338 e. The second kappa shape index (κ2) is 7.09. The quantitative estimate of drug-likeness (QED) is 0.391. The molecule has 3 aromatic rings. The summed E-state index contributed by atoms with van der Waals surface area (Å²) in [6.45, 7) is 1.27. The van der Waals surface area contributed by atoms with E-state index in [9.17, 15) is 19.3 Å². The van der Waals surface area contributed by atoms with Crippen LogP contribution in [0.15, 0.2) is 47.0 Å². The Morgan fingerprint density at radius 2 is 2.00 bits per heavy atom. The van der Waals surface area contributed by atoms with E-state index < -0.39 is 10.9 Å². The van der Waals surface area contributed by atoms with Crippen LogP contribution in [0.4, 0.5) is 10.1 Å². The largest absolute Gasteiger partial charge is 0.452 e. The van der Waals surface area contributed by atoms with Crippen LogP contribution in [0, 0.1) is 22.9 Å². The molecule has 132 valence electrons. The van der Waals surface area contributed by atoms with Crippen LogP contribution in [-0.4, -0.2) is 21.0 Å². The molecule has 0 aliphatic rings. The lowest BCUT2D eigenvalue weighted by Gasteiger charge is -2.03. The van der Waals surface area contributed by atoms with E-state index in [1.165, 1.54) is 49.4 Å². The number of carbonyl (C=O) groups is 1. The van der Waals surface area contributed by atoms with Crippen LogP contribution in [0.25, 0.3) is 11.4 Å². The molecule has 0 bridgehead atoms. The predicted octanol–water partition coefficient (Wildman–Crippen LogP) is 3.45. The van der Waals surface area contributed by atoms with Gasteiger partial charge in [0, 0.05) is 17.2 Å². The molecule has 0 N–H and O–H groups in total. The van der Waals surface area contributed by atoms with Crippen LogP contribution >= 0.6 is 0 Å². The normalized spacial score (nSPS) is 10.5. The average Bonchev–Trinajstić information content (AvgIpc) is 3.09. The molecule has 2 aromatic carbocycles. The molecule has 0 aliphatic heterocycles. The fourth-order valence-corrected chi connectivity index (χ4v) is 2.23. The van der Waals surface area contributed by atoms with Crippen molar-refractivity contribution in [3.8, 4) is 11.4 Å². The van der Waals surface area contributed by atoms with Gasteiger partial charge in [0.25, 0.3) is 11.6 Å². The van der Waals surface area contributed by atoms with Crippen molar-refractivity contribution in [1.29, 1.82) is 0 Å². The zero-order valence-electron chi connectivity index (χ0n) is 13.5. The highest BCUT2D eigenvalue weighted by Crippen LogP contribution is 2.20. The molecule has 0 fully saturated rings. The Labute approximate surface area is 146 Å². The maximum absolute atomic E-state index is 12.9. The van der Waals surface area contributed by atoms with Crippen molar-refractivity contribution < 1.29 is 23.4 Å². The zero-order chi connectivity index (χ0) is 18.7. The van der Waals surface area contributed by atoms with E-state index in [0.717, 1.165) is 0 Å². The molecule has 0 spiro atoms. The lowest BCUT2D eigenvalue weighted by Crippen LogP contribution is -2.06. The minimum atomic E-state index is -0.676. The van der Waals surface area contributed by atoms with Crippen molar-refractivity contribution in [2.45, 2.75) is 13.5 Å². The molecule has 0 unspecified atom stereocenters. The number of hydrogen-bond donors (Lipinski definition) is 0. The SMILES string of the molecule is Cc1cc(C(=O)OCc2nc(-c3ccc(F)cc3)no2)ccc1[N+](=O)[O-]. The van der Waals surface area contributed by atoms with Crippen LogP contribution < -0.4 is 0 Å². The van der Waals surface area contributed by atoms with Crippen LogP contribution in [0.5, 0.6) is 0 Å². The van der Waals surface area contributed by atoms with Crippen LogP contribution in [0.1, 0.15) is 21.8 Å². The summed E-state index contributed by atoms with van der Waals surface area (Å²) < 4.78 is 23.0. The number of nitro benzene ring substituents is 1. The van der Waals surface area contributed by atoms with E-state index >= 15 is 0 Å². The van der Waals surface area contributed by atoms with Crippen molar-refractivity contribution in [1.82, 2.24) is 10.1 Å². The summed E-state index contributed by atoms with van der Waals surface area (Å²) >= 11 is 0. The van der Waals surface area contributed by atoms with Crippen molar-refractivity contribution in [3.05, 3.63) is 75.4 Å². The van der Waals surface area contributed by atoms with E-state index in [1.807, 2.05) is 0 Å². The minimum absolute atomic E-state index is 0.0660. The summed E-state index contributed by atoms with van der Waals surface area (Å²) in [5.74, 6) is -0.757. The Hall–Kier alpha value is -3.62. The van der Waals surface area contributed by atoms with E-state index in [2.05, 4.69) is 10.1 Å². The van der Waals surface area contributed by atoms with Gasteiger partial charge in [-0.25, -0.2) is 9.18 Å². The second-order valence-corrected chi connectivity index (χ2v) is 5.35. The monoisotopic (exact) mass is 357 g/mol. The minimum Gasteiger partial charge on any atom is -0.452 e. The third-order valence-electron chi connectivity index (χ3n) is 3.53. The number of aryl methyl sites for hydroxylation is 1. The number of carbonyl (C=O) groups excluding carboxylic acids is 1. The van der Waals surface area contributed by atoms with Gasteiger partial charge in [0.1, 0.15) is 5.82 Å². The highest BCUT2D eigenvalue weighted by molar-refractivity contribution is 5.90. The average molecular weight is 357 g/mol. The smallest absolute Gasteiger partial charge is 0.338 e. The van der Waals surface area contributed by atoms with Crippen molar-refractivity contribution >= 4 is 11.7 Å². The van der Waals surface area contributed by atoms with Crippen molar-refractivity contribution in [2.75, 3.05) is 0 Å². The number of ether oxygens (including phenoxy) is 1. The number of rotatable bonds is 5.